The number of nitriles is 1. The molecular weight excluding hydrogens is 283 g/mol. The molecule has 1 atom stereocenters. The molecule has 0 saturated carbocycles. The van der Waals surface area contributed by atoms with Crippen LogP contribution in [0.25, 0.3) is 0 Å². The molecule has 1 rings (SSSR count). The normalized spacial score (nSPS) is 12.8. The van der Waals surface area contributed by atoms with Crippen LogP contribution in [0.5, 0.6) is 0 Å². The summed E-state index contributed by atoms with van der Waals surface area (Å²) in [4.78, 5) is 13.0. The number of rotatable bonds is 5. The summed E-state index contributed by atoms with van der Waals surface area (Å²) in [6, 6.07) is 7.19. The minimum absolute atomic E-state index is 0.104. The van der Waals surface area contributed by atoms with Crippen molar-refractivity contribution in [2.24, 2.45) is 0 Å². The second kappa shape index (κ2) is 7.09. The zero-order valence-electron chi connectivity index (χ0n) is 11.7. The molecule has 1 aromatic carbocycles. The average molecular weight is 299 g/mol. The number of hydrogen-bond acceptors (Lipinski definition) is 3. The Morgan fingerprint density at radius 3 is 2.67 bits per heavy atom. The molecule has 0 spiro atoms. The van der Waals surface area contributed by atoms with Gasteiger partial charge in [0.15, 0.2) is 0 Å². The van der Waals surface area contributed by atoms with Gasteiger partial charge in [0.2, 0.25) is 5.91 Å². The zero-order chi connectivity index (χ0) is 16.0. The van der Waals surface area contributed by atoms with Gasteiger partial charge in [-0.3, -0.25) is 9.69 Å². The third-order valence-electron chi connectivity index (χ3n) is 2.97. The fourth-order valence-electron chi connectivity index (χ4n) is 1.83. The number of alkyl halides is 3. The molecule has 0 bridgehead atoms. The highest BCUT2D eigenvalue weighted by atomic mass is 19.4. The van der Waals surface area contributed by atoms with E-state index in [0.717, 1.165) is 4.90 Å². The molecule has 4 nitrogen and oxygen atoms in total. The van der Waals surface area contributed by atoms with Gasteiger partial charge < -0.3 is 5.32 Å². The van der Waals surface area contributed by atoms with E-state index in [1.807, 2.05) is 6.07 Å². The standard InChI is InChI=1S/C14H16F3N3O/c1-3-20(9-14(15,16)17)10(2)13(21)19-12-6-4-5-11(7-12)8-18/h4-7,10H,3,9H2,1-2H3,(H,19,21). The molecule has 0 aliphatic heterocycles. The molecule has 7 heteroatoms. The summed E-state index contributed by atoms with van der Waals surface area (Å²) in [6.45, 7) is 1.94. The summed E-state index contributed by atoms with van der Waals surface area (Å²) in [5, 5.41) is 11.3. The first-order chi connectivity index (χ1) is 9.76. The SMILES string of the molecule is CCN(CC(F)(F)F)C(C)C(=O)Nc1cccc(C#N)c1. The fourth-order valence-corrected chi connectivity index (χ4v) is 1.83. The van der Waals surface area contributed by atoms with E-state index < -0.39 is 24.7 Å². The third-order valence-corrected chi connectivity index (χ3v) is 2.97. The summed E-state index contributed by atoms with van der Waals surface area (Å²) in [5.74, 6) is -0.545. The molecule has 0 aliphatic carbocycles. The lowest BCUT2D eigenvalue weighted by molar-refractivity contribution is -0.152. The van der Waals surface area contributed by atoms with Crippen LogP contribution >= 0.6 is 0 Å². The van der Waals surface area contributed by atoms with Gasteiger partial charge in [-0.1, -0.05) is 13.0 Å². The van der Waals surface area contributed by atoms with Gasteiger partial charge in [0.05, 0.1) is 24.2 Å². The van der Waals surface area contributed by atoms with Crippen LogP contribution in [0.3, 0.4) is 0 Å². The highest BCUT2D eigenvalue weighted by Gasteiger charge is 2.33. The number of amides is 1. The van der Waals surface area contributed by atoms with Gasteiger partial charge in [0.1, 0.15) is 0 Å². The van der Waals surface area contributed by atoms with Crippen molar-refractivity contribution in [2.45, 2.75) is 26.1 Å². The van der Waals surface area contributed by atoms with E-state index in [1.165, 1.54) is 13.0 Å². The first-order valence-corrected chi connectivity index (χ1v) is 6.38. The maximum Gasteiger partial charge on any atom is 0.401 e. The van der Waals surface area contributed by atoms with Gasteiger partial charge in [0, 0.05) is 5.69 Å². The van der Waals surface area contributed by atoms with E-state index in [2.05, 4.69) is 5.32 Å². The van der Waals surface area contributed by atoms with E-state index in [4.69, 9.17) is 5.26 Å². The van der Waals surface area contributed by atoms with Crippen LogP contribution in [0, 0.1) is 11.3 Å². The number of carbonyl (C=O) groups is 1. The Kier molecular flexibility index (Phi) is 5.73. The lowest BCUT2D eigenvalue weighted by Crippen LogP contribution is -2.46. The lowest BCUT2D eigenvalue weighted by Gasteiger charge is -2.27. The summed E-state index contributed by atoms with van der Waals surface area (Å²) in [5.41, 5.74) is 0.747. The van der Waals surface area contributed by atoms with Crippen molar-refractivity contribution in [3.63, 3.8) is 0 Å². The molecular formula is C14H16F3N3O. The Labute approximate surface area is 121 Å². The minimum atomic E-state index is -4.36. The van der Waals surface area contributed by atoms with Crippen molar-refractivity contribution >= 4 is 11.6 Å². The molecule has 0 saturated heterocycles. The van der Waals surface area contributed by atoms with E-state index in [9.17, 15) is 18.0 Å². The van der Waals surface area contributed by atoms with Crippen LogP contribution in [0.4, 0.5) is 18.9 Å². The molecule has 0 heterocycles. The number of nitrogens with zero attached hydrogens (tertiary/aromatic N) is 2. The van der Waals surface area contributed by atoms with Gasteiger partial charge in [-0.25, -0.2) is 0 Å². The van der Waals surface area contributed by atoms with Gasteiger partial charge in [-0.15, -0.1) is 0 Å². The van der Waals surface area contributed by atoms with E-state index in [-0.39, 0.29) is 6.54 Å². The van der Waals surface area contributed by atoms with E-state index in [0.29, 0.717) is 11.3 Å². The number of likely N-dealkylation sites (N-methyl/N-ethyl adjacent to an activating group) is 1. The van der Waals surface area contributed by atoms with Crippen LogP contribution < -0.4 is 5.32 Å². The second-order valence-electron chi connectivity index (χ2n) is 4.54. The average Bonchev–Trinajstić information content (AvgIpc) is 2.43. The number of hydrogen-bond donors (Lipinski definition) is 1. The molecule has 1 N–H and O–H groups in total. The molecule has 1 aromatic rings. The Balaban J connectivity index is 2.75. The number of carbonyl (C=O) groups excluding carboxylic acids is 1. The number of anilines is 1. The maximum atomic E-state index is 12.4. The largest absolute Gasteiger partial charge is 0.401 e. The van der Waals surface area contributed by atoms with Gasteiger partial charge in [0.25, 0.3) is 0 Å². The Morgan fingerprint density at radius 2 is 2.14 bits per heavy atom. The van der Waals surface area contributed by atoms with Gasteiger partial charge in [-0.05, 0) is 31.7 Å². The summed E-state index contributed by atoms with van der Waals surface area (Å²) < 4.78 is 37.3. The third kappa shape index (κ3) is 5.44. The molecule has 1 amide bonds. The van der Waals surface area contributed by atoms with Crippen molar-refractivity contribution in [1.82, 2.24) is 4.90 Å². The predicted octanol–water partition coefficient (Wildman–Crippen LogP) is 2.77. The van der Waals surface area contributed by atoms with Gasteiger partial charge in [-0.2, -0.15) is 18.4 Å². The smallest absolute Gasteiger partial charge is 0.325 e. The molecule has 21 heavy (non-hydrogen) atoms. The summed E-state index contributed by atoms with van der Waals surface area (Å²) in [6.07, 6.45) is -4.36. The van der Waals surface area contributed by atoms with Crippen LogP contribution in [0.15, 0.2) is 24.3 Å². The van der Waals surface area contributed by atoms with Crippen LogP contribution in [-0.2, 0) is 4.79 Å². The summed E-state index contributed by atoms with van der Waals surface area (Å²) >= 11 is 0. The van der Waals surface area contributed by atoms with Crippen molar-refractivity contribution in [3.8, 4) is 6.07 Å². The van der Waals surface area contributed by atoms with Gasteiger partial charge >= 0.3 is 6.18 Å². The molecule has 114 valence electrons. The first kappa shape index (κ1) is 17.0. The van der Waals surface area contributed by atoms with E-state index in [1.54, 1.807) is 25.1 Å². The van der Waals surface area contributed by atoms with Crippen LogP contribution in [0.1, 0.15) is 19.4 Å². The topological polar surface area (TPSA) is 56.1 Å². The fraction of sp³-hybridized carbons (Fsp3) is 0.429. The number of nitrogens with one attached hydrogen (secondary N) is 1. The van der Waals surface area contributed by atoms with E-state index >= 15 is 0 Å². The molecule has 0 aromatic heterocycles. The Hall–Kier alpha value is -2.07. The van der Waals surface area contributed by atoms with Crippen molar-refractivity contribution in [2.75, 3.05) is 18.4 Å². The second-order valence-corrected chi connectivity index (χ2v) is 4.54. The van der Waals surface area contributed by atoms with Crippen molar-refractivity contribution in [1.29, 1.82) is 5.26 Å². The molecule has 0 aliphatic rings. The van der Waals surface area contributed by atoms with Crippen LogP contribution in [0.2, 0.25) is 0 Å². The number of halogens is 3. The highest BCUT2D eigenvalue weighted by Crippen LogP contribution is 2.18. The first-order valence-electron chi connectivity index (χ1n) is 6.38. The van der Waals surface area contributed by atoms with Crippen molar-refractivity contribution in [3.05, 3.63) is 29.8 Å². The lowest BCUT2D eigenvalue weighted by atomic mass is 10.2. The maximum absolute atomic E-state index is 12.4. The Bertz CT molecular complexity index is 537. The zero-order valence-corrected chi connectivity index (χ0v) is 11.7. The van der Waals surface area contributed by atoms with Crippen LogP contribution in [-0.4, -0.2) is 36.1 Å². The minimum Gasteiger partial charge on any atom is -0.325 e. The Morgan fingerprint density at radius 1 is 1.48 bits per heavy atom. The number of benzene rings is 1. The predicted molar refractivity (Wildman–Crippen MR) is 72.6 cm³/mol. The molecule has 1 unspecified atom stereocenters. The quantitative estimate of drug-likeness (QED) is 0.909. The highest BCUT2D eigenvalue weighted by molar-refractivity contribution is 5.94. The molecule has 0 radical (unpaired) electrons. The van der Waals surface area contributed by atoms with Crippen molar-refractivity contribution < 1.29 is 18.0 Å². The summed E-state index contributed by atoms with van der Waals surface area (Å²) in [7, 11) is 0. The monoisotopic (exact) mass is 299 g/mol. The molecule has 0 fully saturated rings.